The molecule has 2 aromatic heterocycles. The summed E-state index contributed by atoms with van der Waals surface area (Å²) in [6, 6.07) is 8.36. The lowest BCUT2D eigenvalue weighted by molar-refractivity contribution is 0.101. The molecule has 7 nitrogen and oxygen atoms in total. The van der Waals surface area contributed by atoms with Crippen LogP contribution in [0.5, 0.6) is 0 Å². The molecule has 0 aliphatic heterocycles. The molecule has 0 fully saturated rings. The summed E-state index contributed by atoms with van der Waals surface area (Å²) >= 11 is 3.33. The number of rotatable bonds is 5. The molecule has 0 bridgehead atoms. The van der Waals surface area contributed by atoms with Crippen molar-refractivity contribution in [2.45, 2.75) is 13.6 Å². The highest BCUT2D eigenvalue weighted by Gasteiger charge is 2.10. The lowest BCUT2D eigenvalue weighted by Gasteiger charge is -2.04. The summed E-state index contributed by atoms with van der Waals surface area (Å²) in [5, 5.41) is 11.1. The van der Waals surface area contributed by atoms with Crippen LogP contribution in [0.15, 0.2) is 53.4 Å². The number of amides is 1. The van der Waals surface area contributed by atoms with Crippen molar-refractivity contribution >= 4 is 33.3 Å². The van der Waals surface area contributed by atoms with Gasteiger partial charge in [0.1, 0.15) is 6.67 Å². The third-order valence-electron chi connectivity index (χ3n) is 3.31. The molecule has 0 spiro atoms. The fraction of sp³-hybridized carbons (Fsp3) is 0.125. The average molecular weight is 388 g/mol. The van der Waals surface area contributed by atoms with Crippen molar-refractivity contribution in [3.05, 3.63) is 64.7 Å². The minimum atomic E-state index is -0.314. The van der Waals surface area contributed by atoms with Crippen LogP contribution in [0.2, 0.25) is 0 Å². The van der Waals surface area contributed by atoms with E-state index in [4.69, 9.17) is 0 Å². The zero-order valence-electron chi connectivity index (χ0n) is 12.8. The highest BCUT2D eigenvalue weighted by molar-refractivity contribution is 9.10. The maximum Gasteiger partial charge on any atom is 0.276 e. The van der Waals surface area contributed by atoms with Crippen LogP contribution in [0.25, 0.3) is 0 Å². The van der Waals surface area contributed by atoms with Crippen molar-refractivity contribution in [2.75, 3.05) is 5.32 Å². The quantitative estimate of drug-likeness (QED) is 0.682. The predicted molar refractivity (Wildman–Crippen MR) is 92.0 cm³/mol. The van der Waals surface area contributed by atoms with E-state index in [1.165, 1.54) is 6.92 Å². The molecule has 1 amide bonds. The monoisotopic (exact) mass is 387 g/mol. The second kappa shape index (κ2) is 6.79. The Balaban J connectivity index is 1.66. The number of nitrogens with one attached hydrogen (secondary N) is 1. The van der Waals surface area contributed by atoms with Gasteiger partial charge in [-0.05, 0) is 53.2 Å². The number of halogens is 1. The summed E-state index contributed by atoms with van der Waals surface area (Å²) in [5.41, 5.74) is 1.51. The van der Waals surface area contributed by atoms with Crippen LogP contribution in [0.1, 0.15) is 27.8 Å². The summed E-state index contributed by atoms with van der Waals surface area (Å²) in [4.78, 5) is 23.5. The Morgan fingerprint density at radius 1 is 1.17 bits per heavy atom. The van der Waals surface area contributed by atoms with Gasteiger partial charge in [0.2, 0.25) is 0 Å². The number of hydrogen-bond donors (Lipinski definition) is 1. The topological polar surface area (TPSA) is 81.8 Å². The molecule has 1 aromatic carbocycles. The first-order chi connectivity index (χ1) is 11.5. The molecule has 0 unspecified atom stereocenters. The van der Waals surface area contributed by atoms with Crippen molar-refractivity contribution in [3.8, 4) is 0 Å². The number of aromatic nitrogens is 4. The molecule has 0 atom stereocenters. The van der Waals surface area contributed by atoms with Gasteiger partial charge in [-0.1, -0.05) is 0 Å². The van der Waals surface area contributed by atoms with Crippen molar-refractivity contribution in [2.24, 2.45) is 0 Å². The Bertz CT molecular complexity index is 882. The maximum absolute atomic E-state index is 12.2. The molecular weight excluding hydrogens is 374 g/mol. The Labute approximate surface area is 146 Å². The summed E-state index contributed by atoms with van der Waals surface area (Å²) in [6.45, 7) is 1.91. The van der Waals surface area contributed by atoms with Gasteiger partial charge in [-0.15, -0.1) is 0 Å². The van der Waals surface area contributed by atoms with E-state index in [-0.39, 0.29) is 11.7 Å². The number of nitrogens with zero attached hydrogens (tertiary/aromatic N) is 4. The molecule has 3 rings (SSSR count). The third kappa shape index (κ3) is 3.77. The SMILES string of the molecule is CC(=O)c1ccc(NC(=O)c2ccn(Cn3cc(Br)cn3)n2)cc1. The first kappa shape index (κ1) is 16.1. The smallest absolute Gasteiger partial charge is 0.276 e. The predicted octanol–water partition coefficient (Wildman–Crippen LogP) is 2.80. The molecule has 2 heterocycles. The minimum Gasteiger partial charge on any atom is -0.321 e. The molecule has 0 radical (unpaired) electrons. The van der Waals surface area contributed by atoms with Crippen LogP contribution in [-0.2, 0) is 6.67 Å². The van der Waals surface area contributed by atoms with Gasteiger partial charge in [-0.25, -0.2) is 4.68 Å². The highest BCUT2D eigenvalue weighted by Crippen LogP contribution is 2.11. The molecule has 0 saturated heterocycles. The van der Waals surface area contributed by atoms with E-state index in [0.717, 1.165) is 4.47 Å². The lowest BCUT2D eigenvalue weighted by Crippen LogP contribution is -2.15. The van der Waals surface area contributed by atoms with Crippen molar-refractivity contribution in [3.63, 3.8) is 0 Å². The van der Waals surface area contributed by atoms with E-state index in [1.807, 2.05) is 6.20 Å². The van der Waals surface area contributed by atoms with Gasteiger partial charge in [0, 0.05) is 23.6 Å². The van der Waals surface area contributed by atoms with E-state index in [9.17, 15) is 9.59 Å². The van der Waals surface area contributed by atoms with Crippen molar-refractivity contribution in [1.29, 1.82) is 0 Å². The molecule has 3 aromatic rings. The summed E-state index contributed by atoms with van der Waals surface area (Å²) in [5.74, 6) is -0.331. The first-order valence-corrected chi connectivity index (χ1v) is 7.94. The summed E-state index contributed by atoms with van der Waals surface area (Å²) in [6.07, 6.45) is 5.21. The van der Waals surface area contributed by atoms with Gasteiger partial charge >= 0.3 is 0 Å². The fourth-order valence-corrected chi connectivity index (χ4v) is 2.44. The Morgan fingerprint density at radius 3 is 2.54 bits per heavy atom. The largest absolute Gasteiger partial charge is 0.321 e. The average Bonchev–Trinajstić information content (AvgIpc) is 3.17. The molecule has 24 heavy (non-hydrogen) atoms. The van der Waals surface area contributed by atoms with Crippen LogP contribution >= 0.6 is 15.9 Å². The van der Waals surface area contributed by atoms with Gasteiger partial charge in [0.25, 0.3) is 5.91 Å². The second-order valence-corrected chi connectivity index (χ2v) is 6.08. The number of carbonyl (C=O) groups is 2. The van der Waals surface area contributed by atoms with Gasteiger partial charge in [-0.2, -0.15) is 10.2 Å². The number of benzene rings is 1. The molecular formula is C16H14BrN5O2. The van der Waals surface area contributed by atoms with Crippen LogP contribution < -0.4 is 5.32 Å². The van der Waals surface area contributed by atoms with E-state index in [2.05, 4.69) is 31.4 Å². The first-order valence-electron chi connectivity index (χ1n) is 7.15. The summed E-state index contributed by atoms with van der Waals surface area (Å²) in [7, 11) is 0. The highest BCUT2D eigenvalue weighted by atomic mass is 79.9. The Morgan fingerprint density at radius 2 is 1.92 bits per heavy atom. The number of ketones is 1. The number of carbonyl (C=O) groups excluding carboxylic acids is 2. The number of Topliss-reactive ketones (excluding diaryl/α,β-unsaturated/α-hetero) is 1. The van der Waals surface area contributed by atoms with E-state index < -0.39 is 0 Å². The Kier molecular flexibility index (Phi) is 4.57. The molecule has 0 saturated carbocycles. The minimum absolute atomic E-state index is 0.0168. The standard InChI is InChI=1S/C16H14BrN5O2/c1-11(23)12-2-4-14(5-3-12)19-16(24)15-6-7-21(20-15)10-22-9-13(17)8-18-22/h2-9H,10H2,1H3,(H,19,24). The lowest BCUT2D eigenvalue weighted by atomic mass is 10.1. The number of anilines is 1. The van der Waals surface area contributed by atoms with Crippen LogP contribution in [-0.4, -0.2) is 31.3 Å². The summed E-state index contributed by atoms with van der Waals surface area (Å²) < 4.78 is 4.19. The van der Waals surface area contributed by atoms with Crippen LogP contribution in [0.4, 0.5) is 5.69 Å². The number of hydrogen-bond acceptors (Lipinski definition) is 4. The molecule has 0 aliphatic carbocycles. The van der Waals surface area contributed by atoms with Crippen LogP contribution in [0, 0.1) is 0 Å². The molecule has 1 N–H and O–H groups in total. The van der Waals surface area contributed by atoms with Gasteiger partial charge < -0.3 is 5.32 Å². The molecule has 0 aliphatic rings. The fourth-order valence-electron chi connectivity index (χ4n) is 2.11. The molecule has 8 heteroatoms. The zero-order chi connectivity index (χ0) is 17.1. The van der Waals surface area contributed by atoms with Gasteiger partial charge in [0.05, 0.1) is 10.7 Å². The van der Waals surface area contributed by atoms with Gasteiger partial charge in [-0.3, -0.25) is 14.3 Å². The van der Waals surface area contributed by atoms with E-state index >= 15 is 0 Å². The maximum atomic E-state index is 12.2. The van der Waals surface area contributed by atoms with Crippen LogP contribution in [0.3, 0.4) is 0 Å². The Hall–Kier alpha value is -2.74. The van der Waals surface area contributed by atoms with Crippen molar-refractivity contribution in [1.82, 2.24) is 19.6 Å². The second-order valence-electron chi connectivity index (χ2n) is 5.17. The third-order valence-corrected chi connectivity index (χ3v) is 3.72. The zero-order valence-corrected chi connectivity index (χ0v) is 14.4. The molecule has 122 valence electrons. The van der Waals surface area contributed by atoms with E-state index in [0.29, 0.717) is 23.6 Å². The van der Waals surface area contributed by atoms with E-state index in [1.54, 1.807) is 52.1 Å². The van der Waals surface area contributed by atoms with Crippen molar-refractivity contribution < 1.29 is 9.59 Å². The normalized spacial score (nSPS) is 10.6. The van der Waals surface area contributed by atoms with Gasteiger partial charge in [0.15, 0.2) is 11.5 Å².